The molecule has 2 unspecified atom stereocenters. The second-order valence-corrected chi connectivity index (χ2v) is 9.93. The highest BCUT2D eigenvalue weighted by atomic mass is 33.1. The van der Waals surface area contributed by atoms with Crippen LogP contribution in [0.4, 0.5) is 0 Å². The molecule has 2 rings (SSSR count). The Morgan fingerprint density at radius 1 is 0.667 bits per heavy atom. The van der Waals surface area contributed by atoms with Crippen molar-refractivity contribution in [2.75, 3.05) is 24.6 Å². The molecule has 0 saturated carbocycles. The van der Waals surface area contributed by atoms with E-state index >= 15 is 0 Å². The lowest BCUT2D eigenvalue weighted by atomic mass is 9.85. The van der Waals surface area contributed by atoms with Gasteiger partial charge < -0.3 is 31.9 Å². The van der Waals surface area contributed by atoms with Gasteiger partial charge in [-0.25, -0.2) is 0 Å². The van der Waals surface area contributed by atoms with Crippen LogP contribution >= 0.6 is 21.6 Å². The van der Waals surface area contributed by atoms with Crippen LogP contribution < -0.4 is 11.5 Å². The summed E-state index contributed by atoms with van der Waals surface area (Å²) in [6, 6.07) is 9.80. The highest BCUT2D eigenvalue weighted by Crippen LogP contribution is 2.30. The van der Waals surface area contributed by atoms with Gasteiger partial charge in [0.05, 0.1) is 0 Å². The van der Waals surface area contributed by atoms with Gasteiger partial charge in [-0.2, -0.15) is 0 Å². The molecule has 0 aliphatic rings. The van der Waals surface area contributed by atoms with E-state index in [1.165, 1.54) is 12.1 Å². The second-order valence-electron chi connectivity index (χ2n) is 7.23. The van der Waals surface area contributed by atoms with Crippen molar-refractivity contribution in [3.63, 3.8) is 0 Å². The monoisotopic (exact) mass is 454 g/mol. The van der Waals surface area contributed by atoms with Crippen molar-refractivity contribution < 1.29 is 20.4 Å². The quantitative estimate of drug-likeness (QED) is 0.181. The first-order chi connectivity index (χ1) is 14.3. The van der Waals surface area contributed by atoms with Gasteiger partial charge in [0.1, 0.15) is 0 Å². The zero-order valence-electron chi connectivity index (χ0n) is 17.6. The van der Waals surface area contributed by atoms with Crippen molar-refractivity contribution in [1.29, 1.82) is 0 Å². The number of hydrogen-bond acceptors (Lipinski definition) is 8. The van der Waals surface area contributed by atoms with Gasteiger partial charge in [-0.3, -0.25) is 0 Å². The van der Waals surface area contributed by atoms with Crippen LogP contribution in [0.25, 0.3) is 0 Å². The van der Waals surface area contributed by atoms with Gasteiger partial charge in [-0.05, 0) is 60.1 Å². The standard InChI is InChI=1S/C18H22O4.C4H12N2S2/c1-11(7-13-3-5-15(19)17(21)9-13)12(2)8-14-4-6-16(20)18(22)10-14;5-1-3-7-8-4-2-6/h3-6,9-12,19-22H,7-8H2,1-2H3;1-6H2. The molecule has 0 aliphatic heterocycles. The van der Waals surface area contributed by atoms with Crippen molar-refractivity contribution in [2.24, 2.45) is 23.3 Å². The van der Waals surface area contributed by atoms with Gasteiger partial charge in [-0.15, -0.1) is 0 Å². The Morgan fingerprint density at radius 2 is 1.03 bits per heavy atom. The molecule has 2 aromatic carbocycles. The van der Waals surface area contributed by atoms with Gasteiger partial charge >= 0.3 is 0 Å². The zero-order chi connectivity index (χ0) is 22.5. The molecule has 0 aromatic heterocycles. The molecule has 0 radical (unpaired) electrons. The first-order valence-corrected chi connectivity index (χ1v) is 12.4. The zero-order valence-corrected chi connectivity index (χ0v) is 19.3. The Morgan fingerprint density at radius 3 is 1.33 bits per heavy atom. The predicted octanol–water partition coefficient (Wildman–Crippen LogP) is 3.85. The molecule has 30 heavy (non-hydrogen) atoms. The average molecular weight is 455 g/mol. The van der Waals surface area contributed by atoms with Crippen molar-refractivity contribution in [3.8, 4) is 23.0 Å². The summed E-state index contributed by atoms with van der Waals surface area (Å²) in [7, 11) is 3.58. The number of phenolic OH excluding ortho intramolecular Hbond substituents is 4. The molecule has 6 nitrogen and oxygen atoms in total. The van der Waals surface area contributed by atoms with E-state index in [-0.39, 0.29) is 23.0 Å². The minimum atomic E-state index is -0.107. The molecule has 0 bridgehead atoms. The van der Waals surface area contributed by atoms with Crippen LogP contribution in [0.3, 0.4) is 0 Å². The highest BCUT2D eigenvalue weighted by Gasteiger charge is 2.15. The first kappa shape index (κ1) is 26.3. The lowest BCUT2D eigenvalue weighted by molar-refractivity contribution is 0.377. The summed E-state index contributed by atoms with van der Waals surface area (Å²) < 4.78 is 0. The highest BCUT2D eigenvalue weighted by molar-refractivity contribution is 8.76. The summed E-state index contributed by atoms with van der Waals surface area (Å²) in [5.74, 6) is 2.38. The van der Waals surface area contributed by atoms with Gasteiger partial charge in [0.15, 0.2) is 23.0 Å². The molecule has 0 saturated heterocycles. The molecule has 2 atom stereocenters. The molecule has 0 heterocycles. The third-order valence-corrected chi connectivity index (χ3v) is 7.12. The van der Waals surface area contributed by atoms with Crippen molar-refractivity contribution >= 4 is 21.6 Å². The molecule has 0 aliphatic carbocycles. The summed E-state index contributed by atoms with van der Waals surface area (Å²) in [6.07, 6.45) is 1.58. The van der Waals surface area contributed by atoms with E-state index in [2.05, 4.69) is 13.8 Å². The summed E-state index contributed by atoms with van der Waals surface area (Å²) in [4.78, 5) is 0. The van der Waals surface area contributed by atoms with Gasteiger partial charge in [0, 0.05) is 24.6 Å². The van der Waals surface area contributed by atoms with E-state index < -0.39 is 0 Å². The molecule has 2 aromatic rings. The maximum Gasteiger partial charge on any atom is 0.157 e. The van der Waals surface area contributed by atoms with Crippen LogP contribution in [0.2, 0.25) is 0 Å². The van der Waals surface area contributed by atoms with Crippen molar-refractivity contribution in [1.82, 2.24) is 0 Å². The SMILES string of the molecule is CC(Cc1ccc(O)c(O)c1)C(C)Cc1ccc(O)c(O)c1.NCCSSCCN. The fraction of sp³-hybridized carbons (Fsp3) is 0.455. The van der Waals surface area contributed by atoms with E-state index in [1.54, 1.807) is 33.7 Å². The topological polar surface area (TPSA) is 133 Å². The fourth-order valence-electron chi connectivity index (χ4n) is 2.75. The lowest BCUT2D eigenvalue weighted by Crippen LogP contribution is -2.13. The Labute approximate surface area is 187 Å². The average Bonchev–Trinajstić information content (AvgIpc) is 2.71. The second kappa shape index (κ2) is 14.3. The van der Waals surface area contributed by atoms with E-state index in [9.17, 15) is 20.4 Å². The van der Waals surface area contributed by atoms with Crippen LogP contribution in [-0.2, 0) is 12.8 Å². The summed E-state index contributed by atoms with van der Waals surface area (Å²) in [5, 5.41) is 37.8. The lowest BCUT2D eigenvalue weighted by Gasteiger charge is -2.20. The first-order valence-electron chi connectivity index (χ1n) is 9.94. The molecule has 8 heteroatoms. The maximum atomic E-state index is 9.54. The smallest absolute Gasteiger partial charge is 0.157 e. The third-order valence-electron chi connectivity index (χ3n) is 4.65. The van der Waals surface area contributed by atoms with E-state index in [1.807, 2.05) is 12.1 Å². The van der Waals surface area contributed by atoms with Gasteiger partial charge in [0.25, 0.3) is 0 Å². The number of hydrogen-bond donors (Lipinski definition) is 6. The Balaban J connectivity index is 0.000000479. The predicted molar refractivity (Wildman–Crippen MR) is 128 cm³/mol. The molecular formula is C22H34N2O4S2. The van der Waals surface area contributed by atoms with Crippen LogP contribution in [0.5, 0.6) is 23.0 Å². The largest absolute Gasteiger partial charge is 0.504 e. The maximum absolute atomic E-state index is 9.54. The van der Waals surface area contributed by atoms with Crippen molar-refractivity contribution in [3.05, 3.63) is 47.5 Å². The summed E-state index contributed by atoms with van der Waals surface area (Å²) in [5.41, 5.74) is 12.4. The third kappa shape index (κ3) is 9.84. The summed E-state index contributed by atoms with van der Waals surface area (Å²) >= 11 is 0. The summed E-state index contributed by atoms with van der Waals surface area (Å²) in [6.45, 7) is 5.80. The van der Waals surface area contributed by atoms with Crippen LogP contribution in [-0.4, -0.2) is 45.0 Å². The Hall–Kier alpha value is -1.74. The van der Waals surface area contributed by atoms with E-state index in [4.69, 9.17) is 11.5 Å². The minimum absolute atomic E-state index is 0.0965. The molecule has 0 spiro atoms. The Bertz CT molecular complexity index is 698. The number of aromatic hydroxyl groups is 4. The number of benzene rings is 2. The van der Waals surface area contributed by atoms with Gasteiger partial charge in [-0.1, -0.05) is 47.6 Å². The Kier molecular flexibility index (Phi) is 12.5. The number of phenols is 4. The molecule has 168 valence electrons. The number of nitrogens with two attached hydrogens (primary N) is 2. The normalized spacial score (nSPS) is 12.7. The minimum Gasteiger partial charge on any atom is -0.504 e. The van der Waals surface area contributed by atoms with E-state index in [0.717, 1.165) is 48.6 Å². The van der Waals surface area contributed by atoms with Crippen LogP contribution in [0.1, 0.15) is 25.0 Å². The molecule has 0 amide bonds. The number of rotatable bonds is 10. The molecule has 8 N–H and O–H groups in total. The van der Waals surface area contributed by atoms with Crippen LogP contribution in [0.15, 0.2) is 36.4 Å². The van der Waals surface area contributed by atoms with Gasteiger partial charge in [0.2, 0.25) is 0 Å². The van der Waals surface area contributed by atoms with Crippen molar-refractivity contribution in [2.45, 2.75) is 26.7 Å². The molecular weight excluding hydrogens is 420 g/mol. The van der Waals surface area contributed by atoms with Crippen LogP contribution in [0, 0.1) is 11.8 Å². The van der Waals surface area contributed by atoms with E-state index in [0.29, 0.717) is 11.8 Å². The molecule has 0 fully saturated rings. The fourth-order valence-corrected chi connectivity index (χ4v) is 4.46.